The van der Waals surface area contributed by atoms with E-state index >= 15 is 0 Å². The van der Waals surface area contributed by atoms with Crippen molar-refractivity contribution in [2.75, 3.05) is 13.2 Å². The van der Waals surface area contributed by atoms with Gasteiger partial charge in [0.2, 0.25) is 0 Å². The highest BCUT2D eigenvalue weighted by molar-refractivity contribution is 5.76. The second kappa shape index (κ2) is 6.71. The number of carbonyl (C=O) groups is 1. The fourth-order valence-corrected chi connectivity index (χ4v) is 2.73. The first kappa shape index (κ1) is 14.7. The van der Waals surface area contributed by atoms with Crippen LogP contribution in [-0.2, 0) is 22.5 Å². The lowest BCUT2D eigenvalue weighted by Crippen LogP contribution is -2.49. The van der Waals surface area contributed by atoms with E-state index in [0.717, 1.165) is 5.56 Å². The molecule has 0 spiro atoms. The van der Waals surface area contributed by atoms with E-state index in [2.05, 4.69) is 17.0 Å². The average Bonchev–Trinajstić information content (AvgIpc) is 2.54. The maximum absolute atomic E-state index is 13.0. The molecule has 0 radical (unpaired) electrons. The summed E-state index contributed by atoms with van der Waals surface area (Å²) in [7, 11) is 0. The van der Waals surface area contributed by atoms with Gasteiger partial charge in [-0.2, -0.15) is 0 Å². The highest BCUT2D eigenvalue weighted by Crippen LogP contribution is 2.18. The predicted octanol–water partition coefficient (Wildman–Crippen LogP) is 2.80. The van der Waals surface area contributed by atoms with Gasteiger partial charge in [-0.15, -0.1) is 0 Å². The van der Waals surface area contributed by atoms with Crippen molar-refractivity contribution < 1.29 is 13.9 Å². The highest BCUT2D eigenvalue weighted by atomic mass is 19.1. The fraction of sp³-hybridized carbons (Fsp3) is 0.278. The van der Waals surface area contributed by atoms with Gasteiger partial charge in [-0.1, -0.05) is 42.5 Å². The van der Waals surface area contributed by atoms with Crippen molar-refractivity contribution >= 4 is 5.97 Å². The van der Waals surface area contributed by atoms with Gasteiger partial charge in [0.15, 0.2) is 0 Å². The van der Waals surface area contributed by atoms with Crippen molar-refractivity contribution in [2.24, 2.45) is 0 Å². The largest absolute Gasteiger partial charge is 0.463 e. The summed E-state index contributed by atoms with van der Waals surface area (Å²) < 4.78 is 18.2. The van der Waals surface area contributed by atoms with E-state index in [1.165, 1.54) is 17.7 Å². The number of ether oxygens (including phenoxy) is 1. The minimum Gasteiger partial charge on any atom is -0.463 e. The van der Waals surface area contributed by atoms with Gasteiger partial charge < -0.3 is 4.74 Å². The molecule has 1 unspecified atom stereocenters. The lowest BCUT2D eigenvalue weighted by molar-refractivity contribution is -0.157. The minimum absolute atomic E-state index is 0.202. The van der Waals surface area contributed by atoms with Gasteiger partial charge in [-0.3, -0.25) is 9.69 Å². The van der Waals surface area contributed by atoms with Crippen molar-refractivity contribution in [3.05, 3.63) is 71.5 Å². The van der Waals surface area contributed by atoms with E-state index in [9.17, 15) is 9.18 Å². The molecule has 0 amide bonds. The number of cyclic esters (lactones) is 1. The van der Waals surface area contributed by atoms with Crippen molar-refractivity contribution in [1.82, 2.24) is 4.90 Å². The summed E-state index contributed by atoms with van der Waals surface area (Å²) in [5, 5.41) is 0. The van der Waals surface area contributed by atoms with Crippen molar-refractivity contribution in [2.45, 2.75) is 19.0 Å². The molecule has 22 heavy (non-hydrogen) atoms. The molecule has 1 fully saturated rings. The molecule has 1 aliphatic heterocycles. The van der Waals surface area contributed by atoms with E-state index in [-0.39, 0.29) is 17.8 Å². The van der Waals surface area contributed by atoms with E-state index in [1.807, 2.05) is 18.2 Å². The van der Waals surface area contributed by atoms with Gasteiger partial charge in [0.05, 0.1) is 0 Å². The fourth-order valence-electron chi connectivity index (χ4n) is 2.73. The van der Waals surface area contributed by atoms with Crippen LogP contribution in [0.2, 0.25) is 0 Å². The predicted molar refractivity (Wildman–Crippen MR) is 81.7 cm³/mol. The Hall–Kier alpha value is -2.20. The summed E-state index contributed by atoms with van der Waals surface area (Å²) in [6.45, 7) is 1.85. The molecule has 0 bridgehead atoms. The van der Waals surface area contributed by atoms with E-state index in [0.29, 0.717) is 26.1 Å². The molecule has 3 rings (SSSR count). The van der Waals surface area contributed by atoms with Crippen LogP contribution in [0.25, 0.3) is 0 Å². The first-order chi connectivity index (χ1) is 10.7. The standard InChI is InChI=1S/C18H18FNO2/c19-16-8-6-14(7-9-16)12-17-18(21)22-11-10-20(17)13-15-4-2-1-3-5-15/h1-9,17H,10-13H2. The third kappa shape index (κ3) is 3.52. The third-order valence-electron chi connectivity index (χ3n) is 3.91. The Morgan fingerprint density at radius 3 is 2.50 bits per heavy atom. The number of hydrogen-bond acceptors (Lipinski definition) is 3. The molecule has 1 heterocycles. The highest BCUT2D eigenvalue weighted by Gasteiger charge is 2.31. The normalized spacial score (nSPS) is 19.0. The molecule has 3 nitrogen and oxygen atoms in total. The molecule has 1 atom stereocenters. The van der Waals surface area contributed by atoms with Crippen LogP contribution in [0.3, 0.4) is 0 Å². The molecule has 0 saturated carbocycles. The van der Waals surface area contributed by atoms with Gasteiger partial charge in [-0.05, 0) is 29.7 Å². The van der Waals surface area contributed by atoms with E-state index in [4.69, 9.17) is 4.74 Å². The summed E-state index contributed by atoms with van der Waals surface area (Å²) in [5.74, 6) is -0.470. The Morgan fingerprint density at radius 1 is 1.05 bits per heavy atom. The molecule has 4 heteroatoms. The molecule has 0 aliphatic carbocycles. The summed E-state index contributed by atoms with van der Waals surface area (Å²) in [5.41, 5.74) is 2.10. The number of hydrogen-bond donors (Lipinski definition) is 0. The number of rotatable bonds is 4. The van der Waals surface area contributed by atoms with E-state index < -0.39 is 0 Å². The van der Waals surface area contributed by atoms with Crippen molar-refractivity contribution in [3.63, 3.8) is 0 Å². The molecule has 0 N–H and O–H groups in total. The number of benzene rings is 2. The second-order valence-corrected chi connectivity index (χ2v) is 5.47. The maximum Gasteiger partial charge on any atom is 0.323 e. The van der Waals surface area contributed by atoms with Gasteiger partial charge in [-0.25, -0.2) is 4.39 Å². The number of halogens is 1. The monoisotopic (exact) mass is 299 g/mol. The maximum atomic E-state index is 13.0. The number of morpholine rings is 1. The second-order valence-electron chi connectivity index (χ2n) is 5.47. The zero-order chi connectivity index (χ0) is 15.4. The molecule has 0 aromatic heterocycles. The lowest BCUT2D eigenvalue weighted by atomic mass is 10.0. The number of esters is 1. The van der Waals surface area contributed by atoms with Crippen LogP contribution >= 0.6 is 0 Å². The van der Waals surface area contributed by atoms with Gasteiger partial charge in [0.1, 0.15) is 18.5 Å². The first-order valence-corrected chi connectivity index (χ1v) is 7.41. The molecule has 2 aromatic rings. The summed E-state index contributed by atoms with van der Waals surface area (Å²) >= 11 is 0. The van der Waals surface area contributed by atoms with Crippen molar-refractivity contribution in [3.8, 4) is 0 Å². The molecule has 2 aromatic carbocycles. The van der Waals surface area contributed by atoms with Crippen LogP contribution in [0.5, 0.6) is 0 Å². The van der Waals surface area contributed by atoms with Gasteiger partial charge >= 0.3 is 5.97 Å². The van der Waals surface area contributed by atoms with Crippen LogP contribution in [-0.4, -0.2) is 30.1 Å². The molecular formula is C18H18FNO2. The average molecular weight is 299 g/mol. The summed E-state index contributed by atoms with van der Waals surface area (Å²) in [4.78, 5) is 14.3. The summed E-state index contributed by atoms with van der Waals surface area (Å²) in [6, 6.07) is 16.0. The van der Waals surface area contributed by atoms with Crippen molar-refractivity contribution in [1.29, 1.82) is 0 Å². The van der Waals surface area contributed by atoms with Crippen LogP contribution in [0.15, 0.2) is 54.6 Å². The topological polar surface area (TPSA) is 29.5 Å². The lowest BCUT2D eigenvalue weighted by Gasteiger charge is -2.34. The minimum atomic E-state index is -0.320. The van der Waals surface area contributed by atoms with Crippen LogP contribution in [0, 0.1) is 5.82 Å². The Bertz CT molecular complexity index is 627. The van der Waals surface area contributed by atoms with Crippen LogP contribution in [0.4, 0.5) is 4.39 Å². The smallest absolute Gasteiger partial charge is 0.323 e. The molecule has 1 saturated heterocycles. The van der Waals surface area contributed by atoms with Gasteiger partial charge in [0.25, 0.3) is 0 Å². The zero-order valence-corrected chi connectivity index (χ0v) is 12.2. The Kier molecular flexibility index (Phi) is 4.49. The number of nitrogens with zero attached hydrogens (tertiary/aromatic N) is 1. The summed E-state index contributed by atoms with van der Waals surface area (Å²) in [6.07, 6.45) is 0.534. The van der Waals surface area contributed by atoms with E-state index in [1.54, 1.807) is 12.1 Å². The SMILES string of the molecule is O=C1OCCN(Cc2ccccc2)C1Cc1ccc(F)cc1. The zero-order valence-electron chi connectivity index (χ0n) is 12.2. The van der Waals surface area contributed by atoms with Crippen LogP contribution in [0.1, 0.15) is 11.1 Å². The van der Waals surface area contributed by atoms with Gasteiger partial charge in [0, 0.05) is 13.1 Å². The third-order valence-corrected chi connectivity index (χ3v) is 3.91. The Balaban J connectivity index is 1.75. The molecule has 114 valence electrons. The molecular weight excluding hydrogens is 281 g/mol. The first-order valence-electron chi connectivity index (χ1n) is 7.41. The Labute approximate surface area is 129 Å². The Morgan fingerprint density at radius 2 is 1.77 bits per heavy atom. The molecule has 1 aliphatic rings. The number of carbonyl (C=O) groups excluding carboxylic acids is 1. The quantitative estimate of drug-likeness (QED) is 0.813. The van der Waals surface area contributed by atoms with Crippen LogP contribution < -0.4 is 0 Å².